The van der Waals surface area contributed by atoms with E-state index in [-0.39, 0.29) is 16.2 Å². The van der Waals surface area contributed by atoms with Gasteiger partial charge in [-0.1, -0.05) is 26.0 Å². The first-order valence-electron chi connectivity index (χ1n) is 9.13. The van der Waals surface area contributed by atoms with Gasteiger partial charge < -0.3 is 19.8 Å². The minimum Gasteiger partial charge on any atom is -0.432 e. The van der Waals surface area contributed by atoms with Crippen molar-refractivity contribution in [3.63, 3.8) is 0 Å². The molecule has 0 aliphatic carbocycles. The molecule has 0 amide bonds. The van der Waals surface area contributed by atoms with Crippen LogP contribution in [0.1, 0.15) is 53.5 Å². The lowest BCUT2D eigenvalue weighted by atomic mass is 9.74. The van der Waals surface area contributed by atoms with Gasteiger partial charge in [0.05, 0.1) is 11.2 Å². The molecule has 25 heavy (non-hydrogen) atoms. The first-order valence-corrected chi connectivity index (χ1v) is 12.1. The minimum atomic E-state index is -2.25. The summed E-state index contributed by atoms with van der Waals surface area (Å²) in [5, 5.41) is -0.0948. The molecule has 0 radical (unpaired) electrons. The van der Waals surface area contributed by atoms with Crippen molar-refractivity contribution in [1.82, 2.24) is 0 Å². The van der Waals surface area contributed by atoms with E-state index in [1.54, 1.807) is 0 Å². The average Bonchev–Trinajstić information content (AvgIpc) is 2.64. The highest BCUT2D eigenvalue weighted by atomic mass is 28.4. The van der Waals surface area contributed by atoms with Crippen LogP contribution in [0.15, 0.2) is 18.2 Å². The lowest BCUT2D eigenvalue weighted by Crippen LogP contribution is -2.41. The molecule has 0 spiro atoms. The Labute approximate surface area is 154 Å². The van der Waals surface area contributed by atoms with Gasteiger partial charge in [0.25, 0.3) is 0 Å². The molecule has 1 aliphatic heterocycles. The van der Waals surface area contributed by atoms with Crippen LogP contribution in [0.3, 0.4) is 0 Å². The highest BCUT2D eigenvalue weighted by Gasteiger charge is 2.52. The SMILES string of the molecule is CC1(C)OB(c2cccc(N)c2CCC(C)(C)[Si](C)(C)O)OC1(C)C. The first kappa shape index (κ1) is 20.5. The van der Waals surface area contributed by atoms with E-state index in [0.717, 1.165) is 29.6 Å². The van der Waals surface area contributed by atoms with Crippen molar-refractivity contribution in [3.8, 4) is 0 Å². The highest BCUT2D eigenvalue weighted by molar-refractivity contribution is 6.72. The minimum absolute atomic E-state index is 0.0948. The molecule has 140 valence electrons. The Hall–Kier alpha value is -0.818. The fourth-order valence-electron chi connectivity index (χ4n) is 2.85. The zero-order valence-electron chi connectivity index (χ0n) is 17.1. The van der Waals surface area contributed by atoms with Crippen molar-refractivity contribution in [2.75, 3.05) is 5.73 Å². The van der Waals surface area contributed by atoms with Crippen LogP contribution in [-0.4, -0.2) is 31.4 Å². The predicted octanol–water partition coefficient (Wildman–Crippen LogP) is 3.48. The Morgan fingerprint density at radius 1 is 1.12 bits per heavy atom. The molecule has 0 saturated carbocycles. The lowest BCUT2D eigenvalue weighted by molar-refractivity contribution is 0.00578. The number of anilines is 1. The Balaban J connectivity index is 2.30. The number of benzene rings is 1. The summed E-state index contributed by atoms with van der Waals surface area (Å²) in [6, 6.07) is 5.93. The second kappa shape index (κ2) is 6.41. The summed E-state index contributed by atoms with van der Waals surface area (Å²) in [5.41, 5.74) is 8.39. The molecule has 1 aromatic rings. The molecule has 0 atom stereocenters. The van der Waals surface area contributed by atoms with Crippen LogP contribution in [-0.2, 0) is 15.7 Å². The van der Waals surface area contributed by atoms with Gasteiger partial charge >= 0.3 is 7.12 Å². The van der Waals surface area contributed by atoms with Gasteiger partial charge in [0.2, 0.25) is 0 Å². The predicted molar refractivity (Wildman–Crippen MR) is 109 cm³/mol. The van der Waals surface area contributed by atoms with Crippen LogP contribution in [0.5, 0.6) is 0 Å². The van der Waals surface area contributed by atoms with Crippen molar-refractivity contribution >= 4 is 26.6 Å². The molecular weight excluding hydrogens is 329 g/mol. The molecule has 1 aliphatic rings. The van der Waals surface area contributed by atoms with E-state index >= 15 is 0 Å². The molecular formula is C19H34BNO3Si. The fourth-order valence-corrected chi connectivity index (χ4v) is 3.58. The molecule has 1 aromatic carbocycles. The quantitative estimate of drug-likeness (QED) is 0.621. The van der Waals surface area contributed by atoms with Crippen LogP contribution >= 0.6 is 0 Å². The summed E-state index contributed by atoms with van der Waals surface area (Å²) in [5.74, 6) is 0. The van der Waals surface area contributed by atoms with Crippen LogP contribution in [0.4, 0.5) is 5.69 Å². The molecule has 1 fully saturated rings. The molecule has 1 saturated heterocycles. The summed E-state index contributed by atoms with van der Waals surface area (Å²) in [6.45, 7) is 16.5. The van der Waals surface area contributed by atoms with E-state index in [1.165, 1.54) is 0 Å². The Morgan fingerprint density at radius 2 is 1.64 bits per heavy atom. The largest absolute Gasteiger partial charge is 0.495 e. The van der Waals surface area contributed by atoms with Crippen molar-refractivity contribution in [2.45, 2.75) is 83.7 Å². The molecule has 3 N–H and O–H groups in total. The van der Waals surface area contributed by atoms with E-state index < -0.39 is 15.4 Å². The zero-order valence-corrected chi connectivity index (χ0v) is 18.1. The Bertz CT molecular complexity index is 622. The summed E-state index contributed by atoms with van der Waals surface area (Å²) in [6.07, 6.45) is 1.68. The summed E-state index contributed by atoms with van der Waals surface area (Å²) >= 11 is 0. The zero-order chi connectivity index (χ0) is 19.3. The maximum absolute atomic E-state index is 10.6. The molecule has 0 bridgehead atoms. The van der Waals surface area contributed by atoms with Gasteiger partial charge in [0, 0.05) is 5.69 Å². The average molecular weight is 363 g/mol. The van der Waals surface area contributed by atoms with E-state index in [0.29, 0.717) is 0 Å². The van der Waals surface area contributed by atoms with Gasteiger partial charge in [-0.2, -0.15) is 0 Å². The molecule has 1 heterocycles. The lowest BCUT2D eigenvalue weighted by Gasteiger charge is -2.35. The standard InChI is InChI=1S/C19H34BNO3Si/c1-17(2,25(7,8)22)13-12-14-15(10-9-11-16(14)21)20-23-18(3,4)19(5,6)24-20/h9-11,22H,12-13,21H2,1-8H3. The van der Waals surface area contributed by atoms with Crippen molar-refractivity contribution in [2.24, 2.45) is 0 Å². The van der Waals surface area contributed by atoms with Gasteiger partial charge in [-0.05, 0) is 75.8 Å². The second-order valence-electron chi connectivity index (χ2n) is 9.45. The van der Waals surface area contributed by atoms with Crippen LogP contribution < -0.4 is 11.2 Å². The van der Waals surface area contributed by atoms with Gasteiger partial charge in [0.15, 0.2) is 8.32 Å². The van der Waals surface area contributed by atoms with E-state index in [4.69, 9.17) is 15.0 Å². The summed E-state index contributed by atoms with van der Waals surface area (Å²) in [7, 11) is -2.67. The van der Waals surface area contributed by atoms with E-state index in [9.17, 15) is 4.80 Å². The van der Waals surface area contributed by atoms with Crippen molar-refractivity contribution in [3.05, 3.63) is 23.8 Å². The van der Waals surface area contributed by atoms with Crippen LogP contribution in [0, 0.1) is 0 Å². The first-order chi connectivity index (χ1) is 11.2. The number of hydrogen-bond donors (Lipinski definition) is 2. The Kier molecular flexibility index (Phi) is 5.25. The fraction of sp³-hybridized carbons (Fsp3) is 0.684. The van der Waals surface area contributed by atoms with Gasteiger partial charge in [-0.25, -0.2) is 0 Å². The second-order valence-corrected chi connectivity index (χ2v) is 13.9. The topological polar surface area (TPSA) is 64.7 Å². The maximum atomic E-state index is 10.6. The number of hydrogen-bond acceptors (Lipinski definition) is 4. The molecule has 0 aromatic heterocycles. The highest BCUT2D eigenvalue weighted by Crippen LogP contribution is 2.41. The van der Waals surface area contributed by atoms with Crippen LogP contribution in [0.25, 0.3) is 0 Å². The third kappa shape index (κ3) is 3.97. The Morgan fingerprint density at radius 3 is 2.12 bits per heavy atom. The monoisotopic (exact) mass is 363 g/mol. The normalized spacial score (nSPS) is 20.1. The van der Waals surface area contributed by atoms with E-state index in [1.807, 2.05) is 31.3 Å². The van der Waals surface area contributed by atoms with Gasteiger partial charge in [-0.3, -0.25) is 0 Å². The number of nitrogens with two attached hydrogens (primary N) is 1. The molecule has 4 nitrogen and oxygen atoms in total. The third-order valence-electron chi connectivity index (χ3n) is 6.41. The van der Waals surface area contributed by atoms with Crippen molar-refractivity contribution < 1.29 is 14.1 Å². The molecule has 6 heteroatoms. The number of nitrogen functional groups attached to an aromatic ring is 1. The van der Waals surface area contributed by atoms with Gasteiger partial charge in [-0.15, -0.1) is 0 Å². The molecule has 2 rings (SSSR count). The maximum Gasteiger partial charge on any atom is 0.495 e. The smallest absolute Gasteiger partial charge is 0.432 e. The number of rotatable bonds is 5. The van der Waals surface area contributed by atoms with Gasteiger partial charge in [0.1, 0.15) is 0 Å². The summed E-state index contributed by atoms with van der Waals surface area (Å²) in [4.78, 5) is 10.6. The summed E-state index contributed by atoms with van der Waals surface area (Å²) < 4.78 is 12.5. The molecule has 0 unspecified atom stereocenters. The van der Waals surface area contributed by atoms with Crippen LogP contribution in [0.2, 0.25) is 18.1 Å². The third-order valence-corrected chi connectivity index (χ3v) is 9.97. The van der Waals surface area contributed by atoms with Crippen molar-refractivity contribution in [1.29, 1.82) is 0 Å². The van der Waals surface area contributed by atoms with E-state index in [2.05, 4.69) is 41.5 Å².